The third-order valence-corrected chi connectivity index (χ3v) is 9.77. The molecular weight excluding hydrogens is 365 g/mol. The lowest BCUT2D eigenvalue weighted by molar-refractivity contribution is -0.282. The van der Waals surface area contributed by atoms with Crippen LogP contribution >= 0.6 is 0 Å². The van der Waals surface area contributed by atoms with Gasteiger partial charge >= 0.3 is 6.18 Å². The number of hydrogen-bond donors (Lipinski definition) is 1. The second-order valence-corrected chi connectivity index (χ2v) is 11.0. The number of carbonyl (C=O) groups excluding carboxylic acids is 1. The molecule has 0 spiro atoms. The van der Waals surface area contributed by atoms with Gasteiger partial charge in [0.05, 0.1) is 0 Å². The fourth-order valence-electron chi connectivity index (χ4n) is 8.64. The number of halogens is 3. The van der Waals surface area contributed by atoms with Gasteiger partial charge in [0.25, 0.3) is 0 Å². The summed E-state index contributed by atoms with van der Waals surface area (Å²) in [5.41, 5.74) is -2.29. The van der Waals surface area contributed by atoms with Crippen LogP contribution in [0.3, 0.4) is 0 Å². The van der Waals surface area contributed by atoms with Gasteiger partial charge in [0, 0.05) is 5.92 Å². The Labute approximate surface area is 166 Å². The number of aliphatic hydroxyl groups is 1. The molecule has 0 bridgehead atoms. The van der Waals surface area contributed by atoms with E-state index in [1.807, 2.05) is 0 Å². The second kappa shape index (κ2) is 6.72. The molecule has 160 valence electrons. The molecule has 0 amide bonds. The van der Waals surface area contributed by atoms with Crippen LogP contribution in [0.2, 0.25) is 0 Å². The third-order valence-electron chi connectivity index (χ3n) is 9.77. The van der Waals surface area contributed by atoms with Crippen LogP contribution in [-0.4, -0.2) is 23.2 Å². The fraction of sp³-hybridized carbons (Fsp3) is 0.957. The molecule has 4 aliphatic rings. The molecule has 1 N–H and O–H groups in total. The Hall–Kier alpha value is -0.580. The summed E-state index contributed by atoms with van der Waals surface area (Å²) in [4.78, 5) is 11.5. The van der Waals surface area contributed by atoms with Crippen LogP contribution < -0.4 is 0 Å². The Balaban J connectivity index is 1.55. The predicted molar refractivity (Wildman–Crippen MR) is 101 cm³/mol. The predicted octanol–water partition coefficient (Wildman–Crippen LogP) is 5.63. The zero-order valence-electron chi connectivity index (χ0n) is 17.3. The monoisotopic (exact) mass is 400 g/mol. The van der Waals surface area contributed by atoms with Crippen molar-refractivity contribution in [1.82, 2.24) is 0 Å². The number of hydrogen-bond acceptors (Lipinski definition) is 2. The number of rotatable bonds is 2. The summed E-state index contributed by atoms with van der Waals surface area (Å²) >= 11 is 0. The van der Waals surface area contributed by atoms with Gasteiger partial charge in [-0.05, 0) is 98.2 Å². The molecule has 4 aliphatic carbocycles. The first kappa shape index (κ1) is 20.7. The highest BCUT2D eigenvalue weighted by Crippen LogP contribution is 2.67. The zero-order valence-corrected chi connectivity index (χ0v) is 17.3. The first-order valence-corrected chi connectivity index (χ1v) is 11.3. The van der Waals surface area contributed by atoms with Crippen LogP contribution in [0, 0.1) is 52.8 Å². The highest BCUT2D eigenvalue weighted by molar-refractivity contribution is 5.53. The van der Waals surface area contributed by atoms with Gasteiger partial charge in [-0.2, -0.15) is 13.2 Å². The molecule has 0 saturated heterocycles. The van der Waals surface area contributed by atoms with Crippen molar-refractivity contribution in [3.8, 4) is 0 Å². The van der Waals surface area contributed by atoms with E-state index >= 15 is 0 Å². The lowest BCUT2D eigenvalue weighted by Gasteiger charge is -2.58. The minimum absolute atomic E-state index is 0.00684. The van der Waals surface area contributed by atoms with Crippen molar-refractivity contribution in [1.29, 1.82) is 0 Å². The summed E-state index contributed by atoms with van der Waals surface area (Å²) in [7, 11) is 0. The normalized spacial score (nSPS) is 52.3. The average molecular weight is 401 g/mol. The SMILES string of the molecule is C[C@H](C=O)[C@H]1C[C@H](C)[C@H]2[C@@H]3CC[C@@H]4C[C@@](O)(C(F)(F)F)CC[C@@H]4[C@H]3CC[C@@]21C. The van der Waals surface area contributed by atoms with Crippen LogP contribution in [0.15, 0.2) is 0 Å². The third kappa shape index (κ3) is 2.89. The van der Waals surface area contributed by atoms with Crippen LogP contribution in [0.4, 0.5) is 13.2 Å². The lowest BCUT2D eigenvalue weighted by Crippen LogP contribution is -2.55. The van der Waals surface area contributed by atoms with E-state index in [4.69, 9.17) is 0 Å². The van der Waals surface area contributed by atoms with Gasteiger partial charge in [-0.3, -0.25) is 0 Å². The Bertz CT molecular complexity index is 619. The summed E-state index contributed by atoms with van der Waals surface area (Å²) in [5.74, 6) is 3.11. The van der Waals surface area contributed by atoms with Crippen LogP contribution in [0.25, 0.3) is 0 Å². The Kier molecular flexibility index (Phi) is 4.96. The topological polar surface area (TPSA) is 37.3 Å². The van der Waals surface area contributed by atoms with Crippen molar-refractivity contribution in [2.24, 2.45) is 52.8 Å². The summed E-state index contributed by atoms with van der Waals surface area (Å²) in [5, 5.41) is 10.2. The van der Waals surface area contributed by atoms with E-state index in [-0.39, 0.29) is 30.1 Å². The molecule has 4 saturated carbocycles. The van der Waals surface area contributed by atoms with E-state index in [1.165, 1.54) is 0 Å². The average Bonchev–Trinajstić information content (AvgIpc) is 2.90. The van der Waals surface area contributed by atoms with E-state index in [0.717, 1.165) is 38.4 Å². The van der Waals surface area contributed by atoms with E-state index in [1.54, 1.807) is 0 Å². The molecule has 4 rings (SSSR count). The standard InChI is InChI=1S/C23H35F3O2/c1-13-10-19(14(2)12-27)21(3)8-6-17-16-7-9-22(28,23(24,25)26)11-15(16)4-5-18(17)20(13)21/h12-20,28H,4-11H2,1-3H3/t13-,14+,15+,16-,17+,18+,19+,20-,21+,22+/m0/s1. The molecule has 28 heavy (non-hydrogen) atoms. The van der Waals surface area contributed by atoms with E-state index < -0.39 is 11.8 Å². The Morgan fingerprint density at radius 1 is 1.07 bits per heavy atom. The van der Waals surface area contributed by atoms with Gasteiger partial charge in [-0.15, -0.1) is 0 Å². The molecule has 2 nitrogen and oxygen atoms in total. The van der Waals surface area contributed by atoms with Gasteiger partial charge in [0.1, 0.15) is 6.29 Å². The molecule has 0 heterocycles. The van der Waals surface area contributed by atoms with Crippen LogP contribution in [0.1, 0.15) is 72.1 Å². The van der Waals surface area contributed by atoms with Crippen molar-refractivity contribution in [2.75, 3.05) is 0 Å². The maximum Gasteiger partial charge on any atom is 0.417 e. The van der Waals surface area contributed by atoms with Crippen LogP contribution in [0.5, 0.6) is 0 Å². The molecule has 0 aromatic rings. The number of fused-ring (bicyclic) bond motifs is 5. The van der Waals surface area contributed by atoms with Crippen molar-refractivity contribution in [3.05, 3.63) is 0 Å². The van der Waals surface area contributed by atoms with E-state index in [9.17, 15) is 23.1 Å². The quantitative estimate of drug-likeness (QED) is 0.610. The minimum Gasteiger partial charge on any atom is -0.380 e. The molecular formula is C23H35F3O2. The van der Waals surface area contributed by atoms with Crippen molar-refractivity contribution >= 4 is 6.29 Å². The molecule has 0 radical (unpaired) electrons. The zero-order chi connectivity index (χ0) is 20.5. The molecule has 5 heteroatoms. The maximum absolute atomic E-state index is 13.4. The molecule has 0 aliphatic heterocycles. The van der Waals surface area contributed by atoms with E-state index in [0.29, 0.717) is 41.9 Å². The molecule has 0 aromatic heterocycles. The minimum atomic E-state index is -4.52. The molecule has 10 atom stereocenters. The summed E-state index contributed by atoms with van der Waals surface area (Å²) < 4.78 is 40.1. The highest BCUT2D eigenvalue weighted by Gasteiger charge is 2.63. The molecule has 0 aromatic carbocycles. The number of carbonyl (C=O) groups is 1. The van der Waals surface area contributed by atoms with Gasteiger partial charge in [0.2, 0.25) is 0 Å². The Morgan fingerprint density at radius 3 is 2.39 bits per heavy atom. The van der Waals surface area contributed by atoms with Crippen molar-refractivity contribution < 1.29 is 23.1 Å². The number of alkyl halides is 3. The first-order valence-electron chi connectivity index (χ1n) is 11.3. The maximum atomic E-state index is 13.4. The Morgan fingerprint density at radius 2 is 1.75 bits per heavy atom. The lowest BCUT2D eigenvalue weighted by atomic mass is 9.48. The van der Waals surface area contributed by atoms with Crippen molar-refractivity contribution in [2.45, 2.75) is 83.9 Å². The highest BCUT2D eigenvalue weighted by atomic mass is 19.4. The fourth-order valence-corrected chi connectivity index (χ4v) is 8.64. The molecule has 4 fully saturated rings. The van der Waals surface area contributed by atoms with Crippen LogP contribution in [-0.2, 0) is 4.79 Å². The summed E-state index contributed by atoms with van der Waals surface area (Å²) in [6, 6.07) is 0. The second-order valence-electron chi connectivity index (χ2n) is 11.0. The first-order chi connectivity index (χ1) is 13.0. The largest absolute Gasteiger partial charge is 0.417 e. The van der Waals surface area contributed by atoms with Crippen molar-refractivity contribution in [3.63, 3.8) is 0 Å². The molecule has 0 unspecified atom stereocenters. The smallest absolute Gasteiger partial charge is 0.380 e. The number of aldehydes is 1. The van der Waals surface area contributed by atoms with E-state index in [2.05, 4.69) is 20.8 Å². The van der Waals surface area contributed by atoms with Gasteiger partial charge < -0.3 is 9.90 Å². The summed E-state index contributed by atoms with van der Waals surface area (Å²) in [6.45, 7) is 6.77. The van der Waals surface area contributed by atoms with Gasteiger partial charge in [-0.1, -0.05) is 20.8 Å². The van der Waals surface area contributed by atoms with Gasteiger partial charge in [0.15, 0.2) is 5.60 Å². The summed E-state index contributed by atoms with van der Waals surface area (Å²) in [6.07, 6.45) is 1.96. The van der Waals surface area contributed by atoms with Gasteiger partial charge in [-0.25, -0.2) is 0 Å².